The summed E-state index contributed by atoms with van der Waals surface area (Å²) in [5, 5.41) is 7.12. The van der Waals surface area contributed by atoms with Crippen LogP contribution in [0.2, 0.25) is 0 Å². The van der Waals surface area contributed by atoms with E-state index in [0.29, 0.717) is 31.5 Å². The SMILES string of the molecule is Cc1noc(C)c1CN1CCC(NC(=O)c2ccc(CN3CCCCC3)cc2)CCC1=O. The molecule has 172 valence electrons. The van der Waals surface area contributed by atoms with Crippen molar-refractivity contribution in [1.29, 1.82) is 0 Å². The number of carbonyl (C=O) groups is 2. The van der Waals surface area contributed by atoms with Crippen LogP contribution >= 0.6 is 0 Å². The van der Waals surface area contributed by atoms with Gasteiger partial charge in [0.15, 0.2) is 0 Å². The maximum atomic E-state index is 12.8. The van der Waals surface area contributed by atoms with Crippen molar-refractivity contribution < 1.29 is 14.1 Å². The van der Waals surface area contributed by atoms with E-state index in [1.807, 2.05) is 30.9 Å². The summed E-state index contributed by atoms with van der Waals surface area (Å²) >= 11 is 0. The zero-order valence-electron chi connectivity index (χ0n) is 19.2. The van der Waals surface area contributed by atoms with Crippen molar-refractivity contribution in [1.82, 2.24) is 20.3 Å². The zero-order valence-corrected chi connectivity index (χ0v) is 19.2. The van der Waals surface area contributed by atoms with Crippen molar-refractivity contribution in [2.75, 3.05) is 19.6 Å². The summed E-state index contributed by atoms with van der Waals surface area (Å²) in [5.41, 5.74) is 3.73. The van der Waals surface area contributed by atoms with Crippen molar-refractivity contribution in [3.63, 3.8) is 0 Å². The summed E-state index contributed by atoms with van der Waals surface area (Å²) in [6, 6.07) is 7.95. The number of nitrogens with one attached hydrogen (secondary N) is 1. The summed E-state index contributed by atoms with van der Waals surface area (Å²) in [6.45, 7) is 8.18. The molecule has 32 heavy (non-hydrogen) atoms. The first kappa shape index (κ1) is 22.5. The van der Waals surface area contributed by atoms with E-state index >= 15 is 0 Å². The highest BCUT2D eigenvalue weighted by Gasteiger charge is 2.25. The molecule has 2 aromatic rings. The molecule has 1 atom stereocenters. The van der Waals surface area contributed by atoms with E-state index in [9.17, 15) is 9.59 Å². The number of piperidine rings is 1. The van der Waals surface area contributed by atoms with Gasteiger partial charge in [-0.3, -0.25) is 14.5 Å². The van der Waals surface area contributed by atoms with Gasteiger partial charge in [0.05, 0.1) is 12.2 Å². The lowest BCUT2D eigenvalue weighted by Gasteiger charge is -2.26. The van der Waals surface area contributed by atoms with Crippen LogP contribution < -0.4 is 5.32 Å². The number of aryl methyl sites for hydroxylation is 2. The lowest BCUT2D eigenvalue weighted by Crippen LogP contribution is -2.36. The fourth-order valence-corrected chi connectivity index (χ4v) is 4.67. The summed E-state index contributed by atoms with van der Waals surface area (Å²) in [6.07, 6.45) is 5.73. The molecule has 2 aliphatic rings. The minimum Gasteiger partial charge on any atom is -0.361 e. The number of carbonyl (C=O) groups excluding carboxylic acids is 2. The summed E-state index contributed by atoms with van der Waals surface area (Å²) in [5.74, 6) is 0.808. The highest BCUT2D eigenvalue weighted by Crippen LogP contribution is 2.20. The Morgan fingerprint density at radius 3 is 2.50 bits per heavy atom. The standard InChI is InChI=1S/C25H34N4O3/c1-18-23(19(2)32-27-18)17-29-15-12-22(10-11-24(29)30)26-25(31)21-8-6-20(7-9-21)16-28-13-4-3-5-14-28/h6-9,22H,3-5,10-17H2,1-2H3,(H,26,31). The molecule has 0 bridgehead atoms. The predicted octanol–water partition coefficient (Wildman–Crippen LogP) is 3.59. The van der Waals surface area contributed by atoms with Crippen LogP contribution in [0.5, 0.6) is 0 Å². The second kappa shape index (κ2) is 10.3. The molecular weight excluding hydrogens is 404 g/mol. The molecule has 2 fully saturated rings. The third kappa shape index (κ3) is 5.57. The predicted molar refractivity (Wildman–Crippen MR) is 122 cm³/mol. The van der Waals surface area contributed by atoms with Gasteiger partial charge in [-0.1, -0.05) is 23.7 Å². The minimum atomic E-state index is -0.0638. The van der Waals surface area contributed by atoms with Gasteiger partial charge in [0, 0.05) is 36.7 Å². The van der Waals surface area contributed by atoms with Gasteiger partial charge >= 0.3 is 0 Å². The number of benzene rings is 1. The van der Waals surface area contributed by atoms with Crippen LogP contribution in [0, 0.1) is 13.8 Å². The molecule has 3 heterocycles. The minimum absolute atomic E-state index is 0.00542. The number of amides is 2. The summed E-state index contributed by atoms with van der Waals surface area (Å²) in [4.78, 5) is 29.8. The Hall–Kier alpha value is -2.67. The molecule has 1 aromatic heterocycles. The van der Waals surface area contributed by atoms with E-state index < -0.39 is 0 Å². The maximum absolute atomic E-state index is 12.8. The highest BCUT2D eigenvalue weighted by molar-refractivity contribution is 5.94. The molecular formula is C25H34N4O3. The van der Waals surface area contributed by atoms with Crippen LogP contribution in [0.25, 0.3) is 0 Å². The molecule has 2 aliphatic heterocycles. The highest BCUT2D eigenvalue weighted by atomic mass is 16.5. The quantitative estimate of drug-likeness (QED) is 0.746. The molecule has 2 amide bonds. The molecule has 0 saturated carbocycles. The number of rotatable bonds is 6. The van der Waals surface area contributed by atoms with Crippen LogP contribution in [0.1, 0.15) is 71.5 Å². The number of nitrogens with zero attached hydrogens (tertiary/aromatic N) is 3. The van der Waals surface area contributed by atoms with E-state index in [4.69, 9.17) is 4.52 Å². The normalized spacial score (nSPS) is 20.2. The van der Waals surface area contributed by atoms with Gasteiger partial charge in [0.2, 0.25) is 5.91 Å². The first-order chi connectivity index (χ1) is 15.5. The number of likely N-dealkylation sites (tertiary alicyclic amines) is 2. The largest absolute Gasteiger partial charge is 0.361 e. The van der Waals surface area contributed by atoms with Crippen molar-refractivity contribution in [3.8, 4) is 0 Å². The number of hydrogen-bond donors (Lipinski definition) is 1. The van der Waals surface area contributed by atoms with Crippen molar-refractivity contribution in [2.24, 2.45) is 0 Å². The second-order valence-electron chi connectivity index (χ2n) is 9.15. The Kier molecular flexibility index (Phi) is 7.25. The average Bonchev–Trinajstić information content (AvgIpc) is 3.01. The third-order valence-corrected chi connectivity index (χ3v) is 6.74. The van der Waals surface area contributed by atoms with Crippen molar-refractivity contribution >= 4 is 11.8 Å². The molecule has 0 spiro atoms. The molecule has 0 aliphatic carbocycles. The molecule has 2 saturated heterocycles. The fraction of sp³-hybridized carbons (Fsp3) is 0.560. The molecule has 7 heteroatoms. The molecule has 1 N–H and O–H groups in total. The average molecular weight is 439 g/mol. The Bertz CT molecular complexity index is 912. The Morgan fingerprint density at radius 1 is 1.06 bits per heavy atom. The molecule has 4 rings (SSSR count). The lowest BCUT2D eigenvalue weighted by molar-refractivity contribution is -0.131. The van der Waals surface area contributed by atoms with Crippen LogP contribution in [0.3, 0.4) is 0 Å². The molecule has 1 aromatic carbocycles. The van der Waals surface area contributed by atoms with Gasteiger partial charge in [0.1, 0.15) is 5.76 Å². The monoisotopic (exact) mass is 438 g/mol. The first-order valence-corrected chi connectivity index (χ1v) is 11.8. The molecule has 1 unspecified atom stereocenters. The van der Waals surface area contributed by atoms with Gasteiger partial charge in [-0.25, -0.2) is 0 Å². The van der Waals surface area contributed by atoms with Crippen molar-refractivity contribution in [3.05, 3.63) is 52.4 Å². The maximum Gasteiger partial charge on any atom is 0.251 e. The third-order valence-electron chi connectivity index (χ3n) is 6.74. The summed E-state index contributed by atoms with van der Waals surface area (Å²) < 4.78 is 5.23. The first-order valence-electron chi connectivity index (χ1n) is 11.8. The Morgan fingerprint density at radius 2 is 1.81 bits per heavy atom. The lowest BCUT2D eigenvalue weighted by atomic mass is 10.1. The van der Waals surface area contributed by atoms with Crippen LogP contribution in [0.15, 0.2) is 28.8 Å². The van der Waals surface area contributed by atoms with Gasteiger partial charge < -0.3 is 14.7 Å². The topological polar surface area (TPSA) is 78.7 Å². The van der Waals surface area contributed by atoms with Crippen LogP contribution in [0.4, 0.5) is 0 Å². The van der Waals surface area contributed by atoms with Crippen molar-refractivity contribution in [2.45, 2.75) is 71.5 Å². The molecule has 0 radical (unpaired) electrons. The van der Waals surface area contributed by atoms with E-state index in [0.717, 1.165) is 43.1 Å². The fourth-order valence-electron chi connectivity index (χ4n) is 4.67. The van der Waals surface area contributed by atoms with E-state index in [1.165, 1.54) is 24.8 Å². The van der Waals surface area contributed by atoms with Gasteiger partial charge in [0.25, 0.3) is 5.91 Å². The van der Waals surface area contributed by atoms with E-state index in [2.05, 4.69) is 27.5 Å². The number of hydrogen-bond acceptors (Lipinski definition) is 5. The summed E-state index contributed by atoms with van der Waals surface area (Å²) in [7, 11) is 0. The molecule has 7 nitrogen and oxygen atoms in total. The Labute approximate surface area is 190 Å². The smallest absolute Gasteiger partial charge is 0.251 e. The van der Waals surface area contributed by atoms with Crippen LogP contribution in [-0.4, -0.2) is 52.4 Å². The second-order valence-corrected chi connectivity index (χ2v) is 9.15. The Balaban J connectivity index is 1.30. The van der Waals surface area contributed by atoms with E-state index in [-0.39, 0.29) is 17.9 Å². The van der Waals surface area contributed by atoms with E-state index in [1.54, 1.807) is 0 Å². The van der Waals surface area contributed by atoms with Crippen LogP contribution in [-0.2, 0) is 17.9 Å². The van der Waals surface area contributed by atoms with Gasteiger partial charge in [-0.15, -0.1) is 0 Å². The number of aromatic nitrogens is 1. The zero-order chi connectivity index (χ0) is 22.5. The van der Waals surface area contributed by atoms with Gasteiger partial charge in [-0.2, -0.15) is 0 Å². The van der Waals surface area contributed by atoms with Gasteiger partial charge in [-0.05, 0) is 70.3 Å².